The first-order chi connectivity index (χ1) is 12.4. The first-order valence-corrected chi connectivity index (χ1v) is 8.17. The number of amides is 2. The molecule has 0 aliphatic carbocycles. The maximum Gasteiger partial charge on any atom is 1.00 e. The van der Waals surface area contributed by atoms with E-state index in [2.05, 4.69) is 0 Å². The summed E-state index contributed by atoms with van der Waals surface area (Å²) < 4.78 is 10.5. The van der Waals surface area contributed by atoms with E-state index in [-0.39, 0.29) is 79.0 Å². The zero-order valence-corrected chi connectivity index (χ0v) is 17.0. The number of aliphatic hydroxyl groups excluding tert-OH is 2. The summed E-state index contributed by atoms with van der Waals surface area (Å²) in [5.74, 6) is -0.726. The third-order valence-electron chi connectivity index (χ3n) is 4.62. The fraction of sp³-hybridized carbons (Fsp3) is 0.562. The van der Waals surface area contributed by atoms with Crippen LogP contribution in [-0.2, 0) is 23.9 Å². The monoisotopic (exact) mass is 390 g/mol. The standard InChI is InChI=1S/C8H9NO5.C8H11NO3.Na/c10-2-1-4-7(8(12)13)9-5(11)3-6(9)14-4;1-5-6(2-3-10)12-8-4-7(11)9(5)8;/h1,6-7,10H,2-3H2,(H,12,13);2,5,8,10H,3-4H2,1H3;/q;;+1/p-1/b4-1-;6-2-;. The zero-order valence-electron chi connectivity index (χ0n) is 15.0. The van der Waals surface area contributed by atoms with Gasteiger partial charge in [0.25, 0.3) is 0 Å². The molecule has 4 fully saturated rings. The van der Waals surface area contributed by atoms with Crippen LogP contribution in [0.3, 0.4) is 0 Å². The number of aliphatic hydroxyl groups is 2. The molecule has 4 saturated heterocycles. The topological polar surface area (TPSA) is 140 Å². The van der Waals surface area contributed by atoms with Crippen molar-refractivity contribution in [1.29, 1.82) is 0 Å². The van der Waals surface area contributed by atoms with Crippen LogP contribution in [0.4, 0.5) is 0 Å². The molecule has 2 N–H and O–H groups in total. The SMILES string of the molecule is CC1/C(=C/CO)OC2CC(=O)N21.O=C([O-])C1/C(=C/CO)OC2CC(=O)N21.[Na+]. The fourth-order valence-electron chi connectivity index (χ4n) is 3.31. The van der Waals surface area contributed by atoms with E-state index >= 15 is 0 Å². The Kier molecular flexibility index (Phi) is 6.92. The number of ether oxygens (including phenoxy) is 2. The molecule has 4 heterocycles. The van der Waals surface area contributed by atoms with Crippen LogP contribution in [0.2, 0.25) is 0 Å². The number of carboxylic acids is 1. The number of hydrogen-bond acceptors (Lipinski definition) is 8. The molecule has 4 rings (SSSR count). The van der Waals surface area contributed by atoms with Crippen LogP contribution in [0, 0.1) is 0 Å². The summed E-state index contributed by atoms with van der Waals surface area (Å²) in [6, 6.07) is -1.17. The summed E-state index contributed by atoms with van der Waals surface area (Å²) >= 11 is 0. The van der Waals surface area contributed by atoms with Gasteiger partial charge in [-0.15, -0.1) is 0 Å². The van der Waals surface area contributed by atoms with Crippen molar-refractivity contribution < 1.29 is 68.7 Å². The predicted molar refractivity (Wildman–Crippen MR) is 81.3 cm³/mol. The minimum Gasteiger partial charge on any atom is -0.547 e. The van der Waals surface area contributed by atoms with Gasteiger partial charge in [0.2, 0.25) is 11.8 Å². The largest absolute Gasteiger partial charge is 1.00 e. The molecule has 4 atom stereocenters. The van der Waals surface area contributed by atoms with Gasteiger partial charge < -0.3 is 29.6 Å². The molecule has 142 valence electrons. The van der Waals surface area contributed by atoms with Crippen molar-refractivity contribution in [1.82, 2.24) is 9.80 Å². The van der Waals surface area contributed by atoms with E-state index in [0.29, 0.717) is 12.2 Å². The summed E-state index contributed by atoms with van der Waals surface area (Å²) in [5.41, 5.74) is 0. The predicted octanol–water partition coefficient (Wildman–Crippen LogP) is -5.59. The fourth-order valence-corrected chi connectivity index (χ4v) is 3.31. The first kappa shape index (κ1) is 21.7. The van der Waals surface area contributed by atoms with Crippen molar-refractivity contribution in [2.24, 2.45) is 0 Å². The molecule has 0 saturated carbocycles. The number of fused-ring (bicyclic) bond motifs is 2. The summed E-state index contributed by atoms with van der Waals surface area (Å²) in [5, 5.41) is 28.0. The number of aliphatic carboxylic acids is 1. The van der Waals surface area contributed by atoms with Gasteiger partial charge in [0.1, 0.15) is 17.6 Å². The maximum absolute atomic E-state index is 11.0. The Hall–Kier alpha value is -1.59. The van der Waals surface area contributed by atoms with Gasteiger partial charge in [0.05, 0.1) is 38.1 Å². The Morgan fingerprint density at radius 2 is 1.56 bits per heavy atom. The third kappa shape index (κ3) is 3.85. The zero-order chi connectivity index (χ0) is 19.0. The molecule has 0 aromatic heterocycles. The van der Waals surface area contributed by atoms with Gasteiger partial charge in [-0.05, 0) is 19.1 Å². The number of carboxylic acid groups (broad SMARTS) is 1. The van der Waals surface area contributed by atoms with E-state index in [9.17, 15) is 19.5 Å². The number of carbonyl (C=O) groups excluding carboxylic acids is 3. The molecule has 2 amide bonds. The second-order valence-corrected chi connectivity index (χ2v) is 6.13. The maximum atomic E-state index is 11.0. The number of nitrogens with zero attached hydrogens (tertiary/aromatic N) is 2. The number of hydrogen-bond donors (Lipinski definition) is 2. The van der Waals surface area contributed by atoms with E-state index in [1.165, 1.54) is 6.08 Å². The Labute approximate surface area is 177 Å². The molecule has 4 aliphatic rings. The van der Waals surface area contributed by atoms with Gasteiger partial charge >= 0.3 is 29.6 Å². The van der Waals surface area contributed by atoms with E-state index in [0.717, 1.165) is 4.90 Å². The molecular weight excluding hydrogens is 371 g/mol. The molecule has 0 radical (unpaired) electrons. The van der Waals surface area contributed by atoms with E-state index in [1.807, 2.05) is 6.92 Å². The Morgan fingerprint density at radius 3 is 2.00 bits per heavy atom. The third-order valence-corrected chi connectivity index (χ3v) is 4.62. The van der Waals surface area contributed by atoms with Crippen LogP contribution < -0.4 is 34.7 Å². The Balaban J connectivity index is 0.000000189. The smallest absolute Gasteiger partial charge is 0.547 e. The summed E-state index contributed by atoms with van der Waals surface area (Å²) in [6.45, 7) is 1.54. The van der Waals surface area contributed by atoms with Gasteiger partial charge in [-0.25, -0.2) is 0 Å². The van der Waals surface area contributed by atoms with Gasteiger partial charge in [-0.3, -0.25) is 19.4 Å². The van der Waals surface area contributed by atoms with Crippen LogP contribution in [0.25, 0.3) is 0 Å². The Bertz CT molecular complexity index is 694. The summed E-state index contributed by atoms with van der Waals surface area (Å²) in [7, 11) is 0. The Morgan fingerprint density at radius 1 is 1.07 bits per heavy atom. The molecule has 11 heteroatoms. The molecule has 0 aromatic rings. The minimum absolute atomic E-state index is 0. The van der Waals surface area contributed by atoms with E-state index in [4.69, 9.17) is 19.7 Å². The molecule has 0 bridgehead atoms. The summed E-state index contributed by atoms with van der Waals surface area (Å²) in [6.07, 6.45) is 2.94. The van der Waals surface area contributed by atoms with Crippen molar-refractivity contribution in [3.63, 3.8) is 0 Å². The van der Waals surface area contributed by atoms with Crippen LogP contribution >= 0.6 is 0 Å². The van der Waals surface area contributed by atoms with Gasteiger partial charge in [0.15, 0.2) is 12.5 Å². The number of rotatable bonds is 3. The molecule has 0 spiro atoms. The molecular formula is C16H19N2NaO8. The van der Waals surface area contributed by atoms with E-state index < -0.39 is 18.2 Å². The molecule has 10 nitrogen and oxygen atoms in total. The minimum atomic E-state index is -1.39. The number of β-lactam (4-membered cyclic amide) rings is 2. The quantitative estimate of drug-likeness (QED) is 0.359. The van der Waals surface area contributed by atoms with Crippen LogP contribution in [0.5, 0.6) is 0 Å². The normalized spacial score (nSPS) is 33.0. The molecule has 4 unspecified atom stereocenters. The molecule has 27 heavy (non-hydrogen) atoms. The second kappa shape index (κ2) is 8.61. The molecule has 4 aliphatic heterocycles. The van der Waals surface area contributed by atoms with Crippen molar-refractivity contribution in [3.05, 3.63) is 23.7 Å². The van der Waals surface area contributed by atoms with Gasteiger partial charge in [-0.1, -0.05) is 0 Å². The number of carbonyl (C=O) groups is 3. The van der Waals surface area contributed by atoms with Crippen LogP contribution in [0.1, 0.15) is 19.8 Å². The van der Waals surface area contributed by atoms with Crippen LogP contribution in [-0.4, -0.2) is 75.5 Å². The molecule has 0 aromatic carbocycles. The van der Waals surface area contributed by atoms with E-state index in [1.54, 1.807) is 11.0 Å². The van der Waals surface area contributed by atoms with Crippen molar-refractivity contribution in [2.45, 2.75) is 44.3 Å². The van der Waals surface area contributed by atoms with Gasteiger partial charge in [0, 0.05) is 0 Å². The van der Waals surface area contributed by atoms with Crippen molar-refractivity contribution in [2.75, 3.05) is 13.2 Å². The van der Waals surface area contributed by atoms with Crippen LogP contribution in [0.15, 0.2) is 23.7 Å². The van der Waals surface area contributed by atoms with Crippen molar-refractivity contribution in [3.8, 4) is 0 Å². The van der Waals surface area contributed by atoms with Crippen molar-refractivity contribution >= 4 is 17.8 Å². The average Bonchev–Trinajstić information content (AvgIpc) is 2.99. The average molecular weight is 390 g/mol. The first-order valence-electron chi connectivity index (χ1n) is 8.17. The second-order valence-electron chi connectivity index (χ2n) is 6.13. The van der Waals surface area contributed by atoms with Gasteiger partial charge in [-0.2, -0.15) is 0 Å². The summed E-state index contributed by atoms with van der Waals surface area (Å²) in [4.78, 5) is 35.6.